The Morgan fingerprint density at radius 1 is 1.60 bits per heavy atom. The zero-order valence-electron chi connectivity index (χ0n) is 5.93. The van der Waals surface area contributed by atoms with Crippen LogP contribution in [0.25, 0.3) is 0 Å². The van der Waals surface area contributed by atoms with Gasteiger partial charge < -0.3 is 5.73 Å². The van der Waals surface area contributed by atoms with Crippen LogP contribution in [0, 0.1) is 0 Å². The van der Waals surface area contributed by atoms with Gasteiger partial charge in [0.15, 0.2) is 0 Å². The molecule has 0 heterocycles. The van der Waals surface area contributed by atoms with Crippen molar-refractivity contribution in [1.82, 2.24) is 0 Å². The first-order chi connectivity index (χ1) is 4.33. The molecule has 0 aromatic rings. The normalized spacial score (nSPS) is 15.8. The Morgan fingerprint density at radius 2 is 2.00 bits per heavy atom. The number of halogens is 2. The summed E-state index contributed by atoms with van der Waals surface area (Å²) in [6.45, 7) is 3.13. The Kier molecular flexibility index (Phi) is 3.38. The average molecular weight is 171 g/mol. The van der Waals surface area contributed by atoms with Gasteiger partial charge in [-0.05, 0) is 13.8 Å². The zero-order chi connectivity index (χ0) is 8.36. The summed E-state index contributed by atoms with van der Waals surface area (Å²) in [7, 11) is -2.10. The summed E-state index contributed by atoms with van der Waals surface area (Å²) in [6, 6.07) is 0. The maximum absolute atomic E-state index is 11.6. The third-order valence-electron chi connectivity index (χ3n) is 0.713. The topological polar surface area (TPSA) is 43.1 Å². The van der Waals surface area contributed by atoms with Crippen molar-refractivity contribution in [3.63, 3.8) is 0 Å². The summed E-state index contributed by atoms with van der Waals surface area (Å²) < 4.78 is 33.6. The quantitative estimate of drug-likeness (QED) is 0.679. The molecule has 0 fully saturated rings. The van der Waals surface area contributed by atoms with Gasteiger partial charge in [-0.2, -0.15) is 8.78 Å². The number of hydrogen-bond donors (Lipinski definition) is 1. The van der Waals surface area contributed by atoms with Crippen LogP contribution in [0.2, 0.25) is 0 Å². The van der Waals surface area contributed by atoms with Crippen LogP contribution in [0.3, 0.4) is 0 Å². The van der Waals surface area contributed by atoms with E-state index >= 15 is 0 Å². The second-order valence-corrected chi connectivity index (χ2v) is 4.18. The summed E-state index contributed by atoms with van der Waals surface area (Å²) in [5.74, 6) is -2.94. The predicted octanol–water partition coefficient (Wildman–Crippen LogP) is 0.695. The van der Waals surface area contributed by atoms with E-state index in [1.54, 1.807) is 13.8 Å². The fourth-order valence-corrected chi connectivity index (χ4v) is 1.29. The molecule has 0 aromatic heterocycles. The molecule has 0 aliphatic rings. The van der Waals surface area contributed by atoms with Crippen molar-refractivity contribution < 1.29 is 13.0 Å². The van der Waals surface area contributed by atoms with E-state index in [4.69, 9.17) is 5.73 Å². The Balaban J connectivity index is 3.81. The standard InChI is InChI=1S/C5H11F2NOS/c1-5(2,8)3-10(9)4(6)7/h4H,3,8H2,1-2H3. The average Bonchev–Trinajstić information content (AvgIpc) is 1.60. The molecule has 0 aromatic carbocycles. The number of nitrogens with two attached hydrogens (primary N) is 1. The molecule has 10 heavy (non-hydrogen) atoms. The molecule has 0 aliphatic carbocycles. The Hall–Kier alpha value is -0.0300. The van der Waals surface area contributed by atoms with Crippen LogP contribution in [0.4, 0.5) is 8.78 Å². The predicted molar refractivity (Wildman–Crippen MR) is 37.3 cm³/mol. The lowest BCUT2D eigenvalue weighted by atomic mass is 10.1. The van der Waals surface area contributed by atoms with Crippen molar-refractivity contribution in [2.45, 2.75) is 25.1 Å². The maximum Gasteiger partial charge on any atom is 0.311 e. The van der Waals surface area contributed by atoms with E-state index in [1.165, 1.54) is 0 Å². The van der Waals surface area contributed by atoms with E-state index in [1.807, 2.05) is 0 Å². The SMILES string of the molecule is CC(C)(N)CS(=O)C(F)F. The first-order valence-corrected chi connectivity index (χ1v) is 4.15. The Morgan fingerprint density at radius 3 is 2.10 bits per heavy atom. The van der Waals surface area contributed by atoms with E-state index in [-0.39, 0.29) is 5.75 Å². The Labute approximate surface area is 61.2 Å². The maximum atomic E-state index is 11.6. The monoisotopic (exact) mass is 171 g/mol. The number of hydrogen-bond acceptors (Lipinski definition) is 2. The third kappa shape index (κ3) is 4.81. The van der Waals surface area contributed by atoms with E-state index in [0.717, 1.165) is 0 Å². The minimum absolute atomic E-state index is 0.162. The van der Waals surface area contributed by atoms with Crippen LogP contribution < -0.4 is 5.73 Å². The van der Waals surface area contributed by atoms with Gasteiger partial charge in [-0.15, -0.1) is 0 Å². The molecule has 1 unspecified atom stereocenters. The molecule has 62 valence electrons. The van der Waals surface area contributed by atoms with Gasteiger partial charge in [-0.25, -0.2) is 0 Å². The molecule has 0 spiro atoms. The highest BCUT2D eigenvalue weighted by Crippen LogP contribution is 2.06. The summed E-state index contributed by atoms with van der Waals surface area (Å²) >= 11 is 0. The van der Waals surface area contributed by atoms with E-state index in [2.05, 4.69) is 0 Å². The molecule has 5 heteroatoms. The highest BCUT2D eigenvalue weighted by molar-refractivity contribution is 7.85. The van der Waals surface area contributed by atoms with Crippen LogP contribution in [-0.2, 0) is 10.8 Å². The first-order valence-electron chi connectivity index (χ1n) is 2.77. The fourth-order valence-electron chi connectivity index (χ4n) is 0.430. The van der Waals surface area contributed by atoms with Gasteiger partial charge >= 0.3 is 5.76 Å². The van der Waals surface area contributed by atoms with Gasteiger partial charge in [0.25, 0.3) is 0 Å². The van der Waals surface area contributed by atoms with Gasteiger partial charge in [0.05, 0.1) is 10.8 Å². The van der Waals surface area contributed by atoms with Gasteiger partial charge in [-0.1, -0.05) is 0 Å². The fraction of sp³-hybridized carbons (Fsp3) is 1.00. The second-order valence-electron chi connectivity index (χ2n) is 2.77. The molecule has 0 amide bonds. The van der Waals surface area contributed by atoms with Gasteiger partial charge in [0, 0.05) is 11.3 Å². The summed E-state index contributed by atoms with van der Waals surface area (Å²) in [5.41, 5.74) is 4.57. The zero-order valence-corrected chi connectivity index (χ0v) is 6.75. The second kappa shape index (κ2) is 3.39. The van der Waals surface area contributed by atoms with E-state index in [0.29, 0.717) is 0 Å². The minimum atomic E-state index is -2.78. The molecular formula is C5H11F2NOS. The molecule has 0 radical (unpaired) electrons. The highest BCUT2D eigenvalue weighted by Gasteiger charge is 2.21. The van der Waals surface area contributed by atoms with Crippen molar-refractivity contribution in [2.75, 3.05) is 5.75 Å². The van der Waals surface area contributed by atoms with Crippen molar-refractivity contribution >= 4 is 10.8 Å². The Bertz CT molecular complexity index is 132. The summed E-state index contributed by atoms with van der Waals surface area (Å²) in [4.78, 5) is 0. The van der Waals surface area contributed by atoms with Crippen molar-refractivity contribution in [2.24, 2.45) is 5.73 Å². The highest BCUT2D eigenvalue weighted by atomic mass is 32.2. The number of alkyl halides is 2. The lowest BCUT2D eigenvalue weighted by Gasteiger charge is -2.16. The molecule has 0 bridgehead atoms. The van der Waals surface area contributed by atoms with Gasteiger partial charge in [0.2, 0.25) is 0 Å². The summed E-state index contributed by atoms with van der Waals surface area (Å²) in [6.07, 6.45) is 0. The van der Waals surface area contributed by atoms with E-state index < -0.39 is 22.1 Å². The minimum Gasteiger partial charge on any atom is -0.325 e. The van der Waals surface area contributed by atoms with E-state index in [9.17, 15) is 13.0 Å². The molecule has 0 saturated carbocycles. The largest absolute Gasteiger partial charge is 0.325 e. The summed E-state index contributed by atoms with van der Waals surface area (Å²) in [5, 5.41) is 0. The lowest BCUT2D eigenvalue weighted by molar-refractivity contribution is 0.243. The van der Waals surface area contributed by atoms with Gasteiger partial charge in [-0.3, -0.25) is 4.21 Å². The molecular weight excluding hydrogens is 160 g/mol. The smallest absolute Gasteiger partial charge is 0.311 e. The van der Waals surface area contributed by atoms with Crippen LogP contribution in [0.1, 0.15) is 13.8 Å². The number of rotatable bonds is 3. The van der Waals surface area contributed by atoms with Crippen molar-refractivity contribution in [3.8, 4) is 0 Å². The molecule has 1 atom stereocenters. The van der Waals surface area contributed by atoms with Crippen LogP contribution >= 0.6 is 0 Å². The van der Waals surface area contributed by atoms with Crippen molar-refractivity contribution in [1.29, 1.82) is 0 Å². The third-order valence-corrected chi connectivity index (χ3v) is 2.14. The molecule has 0 aliphatic heterocycles. The van der Waals surface area contributed by atoms with Crippen LogP contribution in [-0.4, -0.2) is 21.3 Å². The molecule has 0 saturated heterocycles. The molecule has 0 rings (SSSR count). The first kappa shape index (κ1) is 9.97. The van der Waals surface area contributed by atoms with Crippen LogP contribution in [0.15, 0.2) is 0 Å². The van der Waals surface area contributed by atoms with Crippen LogP contribution in [0.5, 0.6) is 0 Å². The molecule has 2 nitrogen and oxygen atoms in total. The van der Waals surface area contributed by atoms with Gasteiger partial charge in [0.1, 0.15) is 0 Å². The lowest BCUT2D eigenvalue weighted by Crippen LogP contribution is -2.39. The van der Waals surface area contributed by atoms with Crippen molar-refractivity contribution in [3.05, 3.63) is 0 Å². The molecule has 2 N–H and O–H groups in total.